The molecule has 1 rings (SSSR count). The predicted octanol–water partition coefficient (Wildman–Crippen LogP) is 2.33. The van der Waals surface area contributed by atoms with Crippen molar-refractivity contribution < 1.29 is 4.74 Å². The number of nitriles is 1. The van der Waals surface area contributed by atoms with Crippen LogP contribution in [-0.2, 0) is 6.42 Å². The Labute approximate surface area is 104 Å². The number of methoxy groups -OCH3 is 1. The number of likely N-dealkylation sites (N-methyl/N-ethyl adjacent to an activating group) is 1. The van der Waals surface area contributed by atoms with Crippen molar-refractivity contribution in [3.63, 3.8) is 0 Å². The maximum Gasteiger partial charge on any atom is 0.122 e. The highest BCUT2D eigenvalue weighted by atomic mass is 16.5. The van der Waals surface area contributed by atoms with Crippen LogP contribution < -0.4 is 4.74 Å². The van der Waals surface area contributed by atoms with E-state index in [1.165, 1.54) is 5.56 Å². The molecule has 0 N–H and O–H groups in total. The molecule has 0 aliphatic carbocycles. The van der Waals surface area contributed by atoms with Crippen molar-refractivity contribution in [1.29, 1.82) is 5.26 Å². The molecule has 92 valence electrons. The highest BCUT2D eigenvalue weighted by Gasteiger charge is 2.07. The number of nitrogens with zero attached hydrogens (tertiary/aromatic N) is 2. The molecule has 0 fully saturated rings. The number of hydrogen-bond acceptors (Lipinski definition) is 3. The Balaban J connectivity index is 2.47. The molecular formula is C14H20N2O. The summed E-state index contributed by atoms with van der Waals surface area (Å²) in [5.74, 6) is 1.02. The number of hydrogen-bond donors (Lipinski definition) is 0. The smallest absolute Gasteiger partial charge is 0.122 e. The fourth-order valence-corrected chi connectivity index (χ4v) is 1.82. The van der Waals surface area contributed by atoms with Crippen molar-refractivity contribution in [2.24, 2.45) is 5.92 Å². The van der Waals surface area contributed by atoms with Gasteiger partial charge in [-0.25, -0.2) is 0 Å². The standard InChI is InChI=1S/C14H20N2O/c1-12(10-15)11-16(2)9-8-13-6-4-5-7-14(13)17-3/h4-7,12H,8-9,11H2,1-3H3. The normalized spacial score (nSPS) is 12.2. The van der Waals surface area contributed by atoms with Crippen LogP contribution in [0.5, 0.6) is 5.75 Å². The van der Waals surface area contributed by atoms with Gasteiger partial charge in [-0.15, -0.1) is 0 Å². The van der Waals surface area contributed by atoms with Crippen molar-refractivity contribution in [3.05, 3.63) is 29.8 Å². The van der Waals surface area contributed by atoms with E-state index in [-0.39, 0.29) is 5.92 Å². The summed E-state index contributed by atoms with van der Waals surface area (Å²) in [5.41, 5.74) is 1.21. The lowest BCUT2D eigenvalue weighted by atomic mass is 10.1. The van der Waals surface area contributed by atoms with Crippen LogP contribution in [0.1, 0.15) is 12.5 Å². The molecule has 0 spiro atoms. The van der Waals surface area contributed by atoms with Gasteiger partial charge < -0.3 is 9.64 Å². The summed E-state index contributed by atoms with van der Waals surface area (Å²) in [6, 6.07) is 10.3. The number of ether oxygens (including phenoxy) is 1. The van der Waals surface area contributed by atoms with E-state index >= 15 is 0 Å². The van der Waals surface area contributed by atoms with Gasteiger partial charge in [0.1, 0.15) is 5.75 Å². The van der Waals surface area contributed by atoms with Crippen LogP contribution in [0.3, 0.4) is 0 Å². The zero-order chi connectivity index (χ0) is 12.7. The zero-order valence-corrected chi connectivity index (χ0v) is 10.8. The van der Waals surface area contributed by atoms with Gasteiger partial charge in [-0.1, -0.05) is 18.2 Å². The third-order valence-electron chi connectivity index (χ3n) is 2.76. The van der Waals surface area contributed by atoms with Crippen molar-refractivity contribution in [1.82, 2.24) is 4.90 Å². The molecule has 17 heavy (non-hydrogen) atoms. The molecule has 0 bridgehead atoms. The Kier molecular flexibility index (Phi) is 5.51. The molecule has 0 saturated carbocycles. The van der Waals surface area contributed by atoms with Gasteiger partial charge in [0, 0.05) is 13.1 Å². The first kappa shape index (κ1) is 13.5. The molecule has 0 aliphatic rings. The van der Waals surface area contributed by atoms with Gasteiger partial charge in [-0.05, 0) is 32.0 Å². The largest absolute Gasteiger partial charge is 0.496 e. The Morgan fingerprint density at radius 3 is 2.76 bits per heavy atom. The highest BCUT2D eigenvalue weighted by molar-refractivity contribution is 5.33. The summed E-state index contributed by atoms with van der Waals surface area (Å²) in [6.45, 7) is 3.69. The molecule has 1 unspecified atom stereocenters. The molecule has 0 radical (unpaired) electrons. The fourth-order valence-electron chi connectivity index (χ4n) is 1.82. The molecule has 0 aromatic heterocycles. The van der Waals surface area contributed by atoms with E-state index in [2.05, 4.69) is 17.0 Å². The van der Waals surface area contributed by atoms with Crippen LogP contribution in [0.4, 0.5) is 0 Å². The Bertz CT molecular complexity index is 384. The molecule has 0 amide bonds. The fraction of sp³-hybridized carbons (Fsp3) is 0.500. The summed E-state index contributed by atoms with van der Waals surface area (Å²) < 4.78 is 5.31. The van der Waals surface area contributed by atoms with Crippen LogP contribution in [-0.4, -0.2) is 32.1 Å². The Morgan fingerprint density at radius 2 is 2.12 bits per heavy atom. The second-order valence-corrected chi connectivity index (χ2v) is 4.35. The molecule has 3 heteroatoms. The SMILES string of the molecule is COc1ccccc1CCN(C)CC(C)C#N. The van der Waals surface area contributed by atoms with E-state index in [9.17, 15) is 0 Å². The summed E-state index contributed by atoms with van der Waals surface area (Å²) >= 11 is 0. The van der Waals surface area contributed by atoms with Crippen molar-refractivity contribution >= 4 is 0 Å². The van der Waals surface area contributed by atoms with Gasteiger partial charge in [0.05, 0.1) is 19.1 Å². The number of benzene rings is 1. The van der Waals surface area contributed by atoms with E-state index in [1.807, 2.05) is 32.2 Å². The van der Waals surface area contributed by atoms with Gasteiger partial charge in [0.25, 0.3) is 0 Å². The van der Waals surface area contributed by atoms with Gasteiger partial charge in [-0.2, -0.15) is 5.26 Å². The van der Waals surface area contributed by atoms with Gasteiger partial charge in [0.15, 0.2) is 0 Å². The van der Waals surface area contributed by atoms with Crippen molar-refractivity contribution in [3.8, 4) is 11.8 Å². The van der Waals surface area contributed by atoms with Crippen LogP contribution >= 0.6 is 0 Å². The van der Waals surface area contributed by atoms with Gasteiger partial charge >= 0.3 is 0 Å². The van der Waals surface area contributed by atoms with E-state index in [0.717, 1.165) is 25.3 Å². The van der Waals surface area contributed by atoms with Crippen LogP contribution in [0, 0.1) is 17.2 Å². The molecule has 0 saturated heterocycles. The molecule has 1 aromatic rings. The monoisotopic (exact) mass is 232 g/mol. The predicted molar refractivity (Wildman–Crippen MR) is 69.0 cm³/mol. The average Bonchev–Trinajstić information content (AvgIpc) is 2.36. The molecule has 0 aliphatic heterocycles. The van der Waals surface area contributed by atoms with E-state index in [4.69, 9.17) is 10.00 Å². The first-order valence-corrected chi connectivity index (χ1v) is 5.87. The first-order chi connectivity index (χ1) is 8.17. The van der Waals surface area contributed by atoms with E-state index in [0.29, 0.717) is 0 Å². The van der Waals surface area contributed by atoms with Crippen molar-refractivity contribution in [2.75, 3.05) is 27.2 Å². The maximum absolute atomic E-state index is 8.75. The molecular weight excluding hydrogens is 212 g/mol. The second-order valence-electron chi connectivity index (χ2n) is 4.35. The lowest BCUT2D eigenvalue weighted by Gasteiger charge is -2.18. The summed E-state index contributed by atoms with van der Waals surface area (Å²) in [6.07, 6.45) is 0.943. The lowest BCUT2D eigenvalue weighted by molar-refractivity contribution is 0.312. The zero-order valence-electron chi connectivity index (χ0n) is 10.8. The second kappa shape index (κ2) is 6.93. The molecule has 1 aromatic carbocycles. The first-order valence-electron chi connectivity index (χ1n) is 5.87. The van der Waals surface area contributed by atoms with Crippen LogP contribution in [0.25, 0.3) is 0 Å². The summed E-state index contributed by atoms with van der Waals surface area (Å²) in [5, 5.41) is 8.75. The Hall–Kier alpha value is -1.53. The molecule has 0 heterocycles. The Morgan fingerprint density at radius 1 is 1.41 bits per heavy atom. The quantitative estimate of drug-likeness (QED) is 0.755. The molecule has 1 atom stereocenters. The van der Waals surface area contributed by atoms with Gasteiger partial charge in [0.2, 0.25) is 0 Å². The van der Waals surface area contributed by atoms with E-state index in [1.54, 1.807) is 7.11 Å². The topological polar surface area (TPSA) is 36.3 Å². The van der Waals surface area contributed by atoms with Crippen LogP contribution in [0.15, 0.2) is 24.3 Å². The minimum Gasteiger partial charge on any atom is -0.496 e. The van der Waals surface area contributed by atoms with Crippen molar-refractivity contribution in [2.45, 2.75) is 13.3 Å². The highest BCUT2D eigenvalue weighted by Crippen LogP contribution is 2.17. The molecule has 3 nitrogen and oxygen atoms in total. The third kappa shape index (κ3) is 4.46. The minimum absolute atomic E-state index is 0.0812. The lowest BCUT2D eigenvalue weighted by Crippen LogP contribution is -2.26. The summed E-state index contributed by atoms with van der Waals surface area (Å²) in [4.78, 5) is 2.18. The summed E-state index contributed by atoms with van der Waals surface area (Å²) in [7, 11) is 3.74. The van der Waals surface area contributed by atoms with Gasteiger partial charge in [-0.3, -0.25) is 0 Å². The minimum atomic E-state index is 0.0812. The number of rotatable bonds is 6. The van der Waals surface area contributed by atoms with E-state index < -0.39 is 0 Å². The van der Waals surface area contributed by atoms with Crippen LogP contribution in [0.2, 0.25) is 0 Å². The third-order valence-corrected chi connectivity index (χ3v) is 2.76. The number of para-hydroxylation sites is 1. The average molecular weight is 232 g/mol. The maximum atomic E-state index is 8.75.